The minimum atomic E-state index is 0.0962. The maximum absolute atomic E-state index is 12.7. The van der Waals surface area contributed by atoms with E-state index in [4.69, 9.17) is 4.98 Å². The first-order chi connectivity index (χ1) is 12.6. The predicted octanol–water partition coefficient (Wildman–Crippen LogP) is 3.39. The van der Waals surface area contributed by atoms with Crippen LogP contribution in [0.15, 0.2) is 24.3 Å². The molecule has 0 radical (unpaired) electrons. The van der Waals surface area contributed by atoms with Crippen LogP contribution < -0.4 is 10.2 Å². The van der Waals surface area contributed by atoms with Crippen molar-refractivity contribution in [1.29, 1.82) is 0 Å². The molecule has 2 N–H and O–H groups in total. The van der Waals surface area contributed by atoms with E-state index in [1.165, 1.54) is 10.5 Å². The van der Waals surface area contributed by atoms with Gasteiger partial charge in [0.2, 0.25) is 0 Å². The summed E-state index contributed by atoms with van der Waals surface area (Å²) in [5, 5.41) is 4.31. The molecule has 0 aliphatic heterocycles. The molecule has 142 valence electrons. The number of aromatic nitrogens is 1. The van der Waals surface area contributed by atoms with E-state index in [1.807, 2.05) is 18.2 Å². The molecule has 0 saturated heterocycles. The maximum atomic E-state index is 12.7. The topological polar surface area (TPSA) is 46.4 Å². The highest BCUT2D eigenvalue weighted by Gasteiger charge is 2.18. The monoisotopic (exact) mass is 356 g/mol. The SMILES string of the molecule is CCCCc1nc2ccccc2c(NC(=O)C[NH+](CC)CC)c1CCC. The van der Waals surface area contributed by atoms with Gasteiger partial charge in [0.05, 0.1) is 24.3 Å². The molecule has 0 atom stereocenters. The van der Waals surface area contributed by atoms with Gasteiger partial charge in [-0.25, -0.2) is 0 Å². The molecule has 1 amide bonds. The smallest absolute Gasteiger partial charge is 0.279 e. The van der Waals surface area contributed by atoms with Crippen molar-refractivity contribution in [2.24, 2.45) is 0 Å². The molecule has 0 unspecified atom stereocenters. The van der Waals surface area contributed by atoms with Crippen molar-refractivity contribution in [1.82, 2.24) is 4.98 Å². The third-order valence-electron chi connectivity index (χ3n) is 5.02. The number of unbranched alkanes of at least 4 members (excludes halogenated alkanes) is 1. The van der Waals surface area contributed by atoms with Crippen molar-refractivity contribution in [2.75, 3.05) is 25.0 Å². The molecule has 0 fully saturated rings. The third-order valence-corrected chi connectivity index (χ3v) is 5.02. The Kier molecular flexibility index (Phi) is 8.05. The van der Waals surface area contributed by atoms with Crippen LogP contribution in [0.25, 0.3) is 10.9 Å². The summed E-state index contributed by atoms with van der Waals surface area (Å²) in [6.45, 7) is 11.1. The molecule has 4 nitrogen and oxygen atoms in total. The molecule has 0 bridgehead atoms. The molecule has 1 aromatic carbocycles. The van der Waals surface area contributed by atoms with E-state index in [0.29, 0.717) is 6.54 Å². The fourth-order valence-electron chi connectivity index (χ4n) is 3.43. The predicted molar refractivity (Wildman–Crippen MR) is 110 cm³/mol. The molecule has 2 aromatic rings. The number of amides is 1. The second kappa shape index (κ2) is 10.3. The van der Waals surface area contributed by atoms with Crippen molar-refractivity contribution in [3.63, 3.8) is 0 Å². The van der Waals surface area contributed by atoms with Crippen LogP contribution in [0.2, 0.25) is 0 Å². The summed E-state index contributed by atoms with van der Waals surface area (Å²) >= 11 is 0. The van der Waals surface area contributed by atoms with Gasteiger partial charge in [0.1, 0.15) is 0 Å². The highest BCUT2D eigenvalue weighted by Crippen LogP contribution is 2.30. The molecule has 2 rings (SSSR count). The van der Waals surface area contributed by atoms with Gasteiger partial charge in [0, 0.05) is 11.1 Å². The van der Waals surface area contributed by atoms with E-state index in [-0.39, 0.29) is 5.91 Å². The number of carbonyl (C=O) groups is 1. The number of anilines is 1. The van der Waals surface area contributed by atoms with E-state index >= 15 is 0 Å². The summed E-state index contributed by atoms with van der Waals surface area (Å²) < 4.78 is 0. The Morgan fingerprint density at radius 3 is 2.42 bits per heavy atom. The minimum Gasteiger partial charge on any atom is -0.328 e. The van der Waals surface area contributed by atoms with Gasteiger partial charge in [-0.1, -0.05) is 44.9 Å². The quantitative estimate of drug-likeness (QED) is 0.685. The van der Waals surface area contributed by atoms with Crippen LogP contribution in [-0.2, 0) is 17.6 Å². The Labute approximate surface area is 158 Å². The molecular weight excluding hydrogens is 322 g/mol. The summed E-state index contributed by atoms with van der Waals surface area (Å²) in [7, 11) is 0. The molecule has 1 aromatic heterocycles. The summed E-state index contributed by atoms with van der Waals surface area (Å²) in [4.78, 5) is 18.9. The van der Waals surface area contributed by atoms with Crippen LogP contribution in [-0.4, -0.2) is 30.5 Å². The zero-order valence-corrected chi connectivity index (χ0v) is 16.8. The van der Waals surface area contributed by atoms with Crippen molar-refractivity contribution in [3.05, 3.63) is 35.5 Å². The third kappa shape index (κ3) is 5.04. The number of pyridine rings is 1. The number of nitrogens with zero attached hydrogens (tertiary/aromatic N) is 1. The first-order valence-electron chi connectivity index (χ1n) is 10.2. The fraction of sp³-hybridized carbons (Fsp3) is 0.545. The van der Waals surface area contributed by atoms with Gasteiger partial charge < -0.3 is 10.2 Å². The number of nitrogens with one attached hydrogen (secondary N) is 2. The van der Waals surface area contributed by atoms with Crippen LogP contribution in [0, 0.1) is 0 Å². The Hall–Kier alpha value is -1.94. The van der Waals surface area contributed by atoms with Crippen molar-refractivity contribution in [3.8, 4) is 0 Å². The number of fused-ring (bicyclic) bond motifs is 1. The van der Waals surface area contributed by atoms with Crippen molar-refractivity contribution < 1.29 is 9.69 Å². The zero-order valence-electron chi connectivity index (χ0n) is 16.8. The van der Waals surface area contributed by atoms with E-state index in [9.17, 15) is 4.79 Å². The number of hydrogen-bond acceptors (Lipinski definition) is 2. The lowest BCUT2D eigenvalue weighted by Crippen LogP contribution is -3.12. The normalized spacial score (nSPS) is 11.3. The molecular formula is C22H34N3O+. The van der Waals surface area contributed by atoms with Gasteiger partial charge in [-0.3, -0.25) is 9.78 Å². The Bertz CT molecular complexity index is 723. The lowest BCUT2D eigenvalue weighted by molar-refractivity contribution is -0.888. The fourth-order valence-corrected chi connectivity index (χ4v) is 3.43. The van der Waals surface area contributed by atoms with E-state index < -0.39 is 0 Å². The molecule has 0 spiro atoms. The van der Waals surface area contributed by atoms with E-state index in [1.54, 1.807) is 0 Å². The van der Waals surface area contributed by atoms with Gasteiger partial charge in [0.15, 0.2) is 6.54 Å². The lowest BCUT2D eigenvalue weighted by atomic mass is 9.98. The van der Waals surface area contributed by atoms with E-state index in [2.05, 4.69) is 39.1 Å². The lowest BCUT2D eigenvalue weighted by Gasteiger charge is -2.19. The number of rotatable bonds is 10. The van der Waals surface area contributed by atoms with Gasteiger partial charge in [0.25, 0.3) is 5.91 Å². The number of benzene rings is 1. The average molecular weight is 357 g/mol. The first kappa shape index (κ1) is 20.4. The minimum absolute atomic E-state index is 0.0962. The molecule has 0 aliphatic rings. The molecule has 1 heterocycles. The maximum Gasteiger partial charge on any atom is 0.279 e. The number of carbonyl (C=O) groups excluding carboxylic acids is 1. The highest BCUT2D eigenvalue weighted by molar-refractivity contribution is 6.02. The molecule has 26 heavy (non-hydrogen) atoms. The Balaban J connectivity index is 2.45. The van der Waals surface area contributed by atoms with E-state index in [0.717, 1.165) is 67.5 Å². The van der Waals surface area contributed by atoms with Gasteiger partial charge in [-0.15, -0.1) is 0 Å². The number of para-hydroxylation sites is 1. The second-order valence-electron chi connectivity index (χ2n) is 6.96. The van der Waals surface area contributed by atoms with Crippen LogP contribution in [0.1, 0.15) is 58.2 Å². The standard InChI is InChI=1S/C22H33N3O/c1-5-9-14-19-17(12-6-2)22(18-13-10-11-15-20(18)23-19)24-21(26)16-25(7-3)8-4/h10-11,13,15H,5-9,12,14,16H2,1-4H3,(H,23,24,26)/p+1. The number of hydrogen-bond donors (Lipinski definition) is 2. The van der Waals surface area contributed by atoms with Gasteiger partial charge in [-0.2, -0.15) is 0 Å². The highest BCUT2D eigenvalue weighted by atomic mass is 16.2. The summed E-state index contributed by atoms with van der Waals surface area (Å²) in [6.07, 6.45) is 5.24. The summed E-state index contributed by atoms with van der Waals surface area (Å²) in [5.74, 6) is 0.0962. The average Bonchev–Trinajstić information content (AvgIpc) is 2.66. The summed E-state index contributed by atoms with van der Waals surface area (Å²) in [6, 6.07) is 8.16. The van der Waals surface area contributed by atoms with Crippen LogP contribution in [0.3, 0.4) is 0 Å². The first-order valence-corrected chi connectivity index (χ1v) is 10.2. The molecule has 0 aliphatic carbocycles. The van der Waals surface area contributed by atoms with Crippen LogP contribution in [0.5, 0.6) is 0 Å². The summed E-state index contributed by atoms with van der Waals surface area (Å²) in [5.41, 5.74) is 4.34. The Morgan fingerprint density at radius 1 is 1.04 bits per heavy atom. The van der Waals surface area contributed by atoms with Crippen molar-refractivity contribution in [2.45, 2.75) is 59.8 Å². The second-order valence-corrected chi connectivity index (χ2v) is 6.96. The molecule has 0 saturated carbocycles. The van der Waals surface area contributed by atoms with Gasteiger partial charge >= 0.3 is 0 Å². The van der Waals surface area contributed by atoms with Gasteiger partial charge in [-0.05, 0) is 44.7 Å². The van der Waals surface area contributed by atoms with Crippen molar-refractivity contribution >= 4 is 22.5 Å². The molecule has 4 heteroatoms. The number of quaternary nitrogens is 1. The van der Waals surface area contributed by atoms with Crippen LogP contribution in [0.4, 0.5) is 5.69 Å². The number of aryl methyl sites for hydroxylation is 1. The zero-order chi connectivity index (χ0) is 18.9. The number of likely N-dealkylation sites (N-methyl/N-ethyl adjacent to an activating group) is 1. The van der Waals surface area contributed by atoms with Crippen LogP contribution >= 0.6 is 0 Å². The Morgan fingerprint density at radius 2 is 1.77 bits per heavy atom. The largest absolute Gasteiger partial charge is 0.328 e.